The molecule has 20 heavy (non-hydrogen) atoms. The van der Waals surface area contributed by atoms with Crippen LogP contribution in [0.3, 0.4) is 0 Å². The summed E-state index contributed by atoms with van der Waals surface area (Å²) in [4.78, 5) is 11.8. The standard InChI is InChI=1S/C14H18N2O3S/c1-10-9-13(10)14(17)15-11-3-5-12(6-4-11)16-7-2-8-20(16,18)19/h3-6,10,13H,2,7-9H2,1H3,(H,15,17). The summed E-state index contributed by atoms with van der Waals surface area (Å²) in [5, 5.41) is 2.87. The maximum Gasteiger partial charge on any atom is 0.235 e. The fraction of sp³-hybridized carbons (Fsp3) is 0.500. The molecule has 1 saturated carbocycles. The first-order valence-corrected chi connectivity index (χ1v) is 8.49. The Balaban J connectivity index is 1.70. The second-order valence-electron chi connectivity index (χ2n) is 5.60. The maximum absolute atomic E-state index is 11.8. The van der Waals surface area contributed by atoms with Gasteiger partial charge in [0.1, 0.15) is 0 Å². The molecule has 6 heteroatoms. The van der Waals surface area contributed by atoms with Gasteiger partial charge in [0.25, 0.3) is 0 Å². The Labute approximate surface area is 119 Å². The number of nitrogens with zero attached hydrogens (tertiary/aromatic N) is 1. The van der Waals surface area contributed by atoms with Crippen LogP contribution in [0.2, 0.25) is 0 Å². The van der Waals surface area contributed by atoms with Crippen LogP contribution in [0, 0.1) is 11.8 Å². The van der Waals surface area contributed by atoms with E-state index >= 15 is 0 Å². The molecule has 1 N–H and O–H groups in total. The second kappa shape index (κ2) is 4.77. The van der Waals surface area contributed by atoms with Crippen LogP contribution in [0.15, 0.2) is 24.3 Å². The fourth-order valence-electron chi connectivity index (χ4n) is 2.56. The van der Waals surface area contributed by atoms with Gasteiger partial charge in [0, 0.05) is 18.2 Å². The summed E-state index contributed by atoms with van der Waals surface area (Å²) in [5.41, 5.74) is 1.38. The lowest BCUT2D eigenvalue weighted by Crippen LogP contribution is -2.25. The first-order chi connectivity index (χ1) is 9.47. The summed E-state index contributed by atoms with van der Waals surface area (Å²) in [6.45, 7) is 2.60. The largest absolute Gasteiger partial charge is 0.326 e. The Morgan fingerprint density at radius 2 is 1.95 bits per heavy atom. The molecular formula is C14H18N2O3S. The highest BCUT2D eigenvalue weighted by atomic mass is 32.2. The lowest BCUT2D eigenvalue weighted by molar-refractivity contribution is -0.117. The van der Waals surface area contributed by atoms with Crippen molar-refractivity contribution in [1.82, 2.24) is 0 Å². The third-order valence-electron chi connectivity index (χ3n) is 3.97. The summed E-state index contributed by atoms with van der Waals surface area (Å²) >= 11 is 0. The van der Waals surface area contributed by atoms with Crippen molar-refractivity contribution in [3.63, 3.8) is 0 Å². The van der Waals surface area contributed by atoms with Crippen LogP contribution in [0.1, 0.15) is 19.8 Å². The summed E-state index contributed by atoms with van der Waals surface area (Å²) < 4.78 is 25.1. The van der Waals surface area contributed by atoms with Crippen molar-refractivity contribution in [3.8, 4) is 0 Å². The van der Waals surface area contributed by atoms with Crippen molar-refractivity contribution < 1.29 is 13.2 Å². The summed E-state index contributed by atoms with van der Waals surface area (Å²) in [5.74, 6) is 0.877. The molecule has 2 atom stereocenters. The molecule has 0 bridgehead atoms. The van der Waals surface area contributed by atoms with Gasteiger partial charge < -0.3 is 5.32 Å². The third kappa shape index (κ3) is 2.52. The minimum atomic E-state index is -3.14. The van der Waals surface area contributed by atoms with Crippen LogP contribution in [0.5, 0.6) is 0 Å². The fourth-order valence-corrected chi connectivity index (χ4v) is 4.13. The highest BCUT2D eigenvalue weighted by molar-refractivity contribution is 7.93. The SMILES string of the molecule is CC1CC1C(=O)Nc1ccc(N2CCCS2(=O)=O)cc1. The lowest BCUT2D eigenvalue weighted by Gasteiger charge is -2.17. The Morgan fingerprint density at radius 1 is 1.30 bits per heavy atom. The molecule has 1 aromatic carbocycles. The molecule has 0 radical (unpaired) electrons. The van der Waals surface area contributed by atoms with E-state index in [-0.39, 0.29) is 17.6 Å². The number of sulfonamides is 1. The Bertz CT molecular complexity index is 624. The summed E-state index contributed by atoms with van der Waals surface area (Å²) in [6, 6.07) is 7.01. The van der Waals surface area contributed by atoms with E-state index in [0.29, 0.717) is 24.6 Å². The number of rotatable bonds is 3. The van der Waals surface area contributed by atoms with Crippen molar-refractivity contribution >= 4 is 27.3 Å². The second-order valence-corrected chi connectivity index (χ2v) is 7.61. The first-order valence-electron chi connectivity index (χ1n) is 6.89. The molecule has 1 aliphatic heterocycles. The zero-order chi connectivity index (χ0) is 14.3. The van der Waals surface area contributed by atoms with Gasteiger partial charge in [-0.3, -0.25) is 9.10 Å². The number of anilines is 2. The molecule has 0 spiro atoms. The van der Waals surface area contributed by atoms with Crippen LogP contribution in [-0.4, -0.2) is 26.6 Å². The lowest BCUT2D eigenvalue weighted by atomic mass is 10.2. The minimum Gasteiger partial charge on any atom is -0.326 e. The number of nitrogens with one attached hydrogen (secondary N) is 1. The van der Waals surface area contributed by atoms with E-state index in [9.17, 15) is 13.2 Å². The number of benzene rings is 1. The Kier molecular flexibility index (Phi) is 3.20. The van der Waals surface area contributed by atoms with Crippen molar-refractivity contribution in [2.45, 2.75) is 19.8 Å². The summed E-state index contributed by atoms with van der Waals surface area (Å²) in [6.07, 6.45) is 1.62. The van der Waals surface area contributed by atoms with Gasteiger partial charge in [-0.2, -0.15) is 0 Å². The normalized spacial score (nSPS) is 27.4. The van der Waals surface area contributed by atoms with Crippen LogP contribution >= 0.6 is 0 Å². The van der Waals surface area contributed by atoms with E-state index in [1.807, 2.05) is 0 Å². The predicted octanol–water partition coefficient (Wildman–Crippen LogP) is 1.82. The maximum atomic E-state index is 11.8. The van der Waals surface area contributed by atoms with E-state index in [1.54, 1.807) is 24.3 Å². The highest BCUT2D eigenvalue weighted by Gasteiger charge is 2.39. The van der Waals surface area contributed by atoms with E-state index in [2.05, 4.69) is 12.2 Å². The number of amides is 1. The van der Waals surface area contributed by atoms with Crippen molar-refractivity contribution in [2.24, 2.45) is 11.8 Å². The van der Waals surface area contributed by atoms with Gasteiger partial charge in [0.05, 0.1) is 11.4 Å². The van der Waals surface area contributed by atoms with Gasteiger partial charge in [-0.05, 0) is 43.0 Å². The van der Waals surface area contributed by atoms with Crippen LogP contribution < -0.4 is 9.62 Å². The van der Waals surface area contributed by atoms with Crippen LogP contribution in [0.25, 0.3) is 0 Å². The minimum absolute atomic E-state index is 0.0547. The molecule has 1 heterocycles. The van der Waals surface area contributed by atoms with Crippen molar-refractivity contribution in [3.05, 3.63) is 24.3 Å². The van der Waals surface area contributed by atoms with E-state index < -0.39 is 10.0 Å². The Hall–Kier alpha value is -1.56. The van der Waals surface area contributed by atoms with Crippen LogP contribution in [0.4, 0.5) is 11.4 Å². The molecular weight excluding hydrogens is 276 g/mol. The molecule has 0 aromatic heterocycles. The third-order valence-corrected chi connectivity index (χ3v) is 5.84. The number of carbonyl (C=O) groups excluding carboxylic acids is 1. The van der Waals surface area contributed by atoms with E-state index in [0.717, 1.165) is 12.1 Å². The highest BCUT2D eigenvalue weighted by Crippen LogP contribution is 2.38. The average Bonchev–Trinajstić information content (AvgIpc) is 3.03. The van der Waals surface area contributed by atoms with Crippen molar-refractivity contribution in [1.29, 1.82) is 0 Å². The molecule has 5 nitrogen and oxygen atoms in total. The monoisotopic (exact) mass is 294 g/mol. The summed E-state index contributed by atoms with van der Waals surface area (Å²) in [7, 11) is -3.14. The van der Waals surface area contributed by atoms with Gasteiger partial charge in [0.2, 0.25) is 15.9 Å². The van der Waals surface area contributed by atoms with Gasteiger partial charge >= 0.3 is 0 Å². The van der Waals surface area contributed by atoms with Gasteiger partial charge in [-0.1, -0.05) is 6.92 Å². The number of hydrogen-bond acceptors (Lipinski definition) is 3. The van der Waals surface area contributed by atoms with Gasteiger partial charge in [-0.25, -0.2) is 8.42 Å². The molecule has 2 aliphatic rings. The quantitative estimate of drug-likeness (QED) is 0.924. The Morgan fingerprint density at radius 3 is 2.45 bits per heavy atom. The topological polar surface area (TPSA) is 66.5 Å². The smallest absolute Gasteiger partial charge is 0.235 e. The van der Waals surface area contributed by atoms with E-state index in [1.165, 1.54) is 4.31 Å². The predicted molar refractivity (Wildman–Crippen MR) is 78.1 cm³/mol. The zero-order valence-corrected chi connectivity index (χ0v) is 12.2. The van der Waals surface area contributed by atoms with Crippen molar-refractivity contribution in [2.75, 3.05) is 21.9 Å². The van der Waals surface area contributed by atoms with Gasteiger partial charge in [0.15, 0.2) is 0 Å². The molecule has 2 fully saturated rings. The molecule has 2 unspecified atom stereocenters. The molecule has 1 saturated heterocycles. The first kappa shape index (κ1) is 13.4. The molecule has 1 aromatic rings. The molecule has 3 rings (SSSR count). The molecule has 1 amide bonds. The zero-order valence-electron chi connectivity index (χ0n) is 11.4. The number of hydrogen-bond donors (Lipinski definition) is 1. The van der Waals surface area contributed by atoms with Gasteiger partial charge in [-0.15, -0.1) is 0 Å². The number of carbonyl (C=O) groups is 1. The molecule has 108 valence electrons. The van der Waals surface area contributed by atoms with Crippen LogP contribution in [-0.2, 0) is 14.8 Å². The average molecular weight is 294 g/mol. The molecule has 1 aliphatic carbocycles. The van der Waals surface area contributed by atoms with E-state index in [4.69, 9.17) is 0 Å².